The number of rotatable bonds is 44. The number of aliphatic hydroxyl groups excluding tert-OH is 3. The number of hydrogen-bond donors (Lipinski definition) is 4. The summed E-state index contributed by atoms with van der Waals surface area (Å²) in [4.78, 5) is 12.4. The minimum absolute atomic E-state index is 0.309. The molecule has 0 aromatic rings. The van der Waals surface area contributed by atoms with Crippen molar-refractivity contribution in [3.8, 4) is 0 Å². The van der Waals surface area contributed by atoms with Gasteiger partial charge in [0.1, 0.15) is 6.10 Å². The molecular formula is C47H95NO4. The highest BCUT2D eigenvalue weighted by Gasteiger charge is 2.23. The van der Waals surface area contributed by atoms with Gasteiger partial charge in [-0.15, -0.1) is 0 Å². The van der Waals surface area contributed by atoms with Crippen molar-refractivity contribution in [1.82, 2.24) is 5.32 Å². The first-order valence-corrected chi connectivity index (χ1v) is 23.8. The van der Waals surface area contributed by atoms with Crippen molar-refractivity contribution >= 4 is 5.91 Å². The summed E-state index contributed by atoms with van der Waals surface area (Å²) in [7, 11) is 0. The summed E-state index contributed by atoms with van der Waals surface area (Å²) in [6.07, 6.45) is 50.0. The fourth-order valence-electron chi connectivity index (χ4n) is 7.72. The molecule has 0 aliphatic heterocycles. The molecule has 0 aromatic heterocycles. The standard InChI is InChI=1S/C47H95NO4/c1-3-5-7-9-11-13-14-15-16-17-18-19-20-21-22-23-24-25-26-27-28-29-30-31-32-34-36-38-40-42-46(51)47(52)48-44(43-49)45(50)41-39-37-35-33-12-10-8-6-4-2/h44-46,49-51H,3-43H2,1-2H3,(H,48,52). The van der Waals surface area contributed by atoms with Crippen LogP contribution in [0, 0.1) is 0 Å². The number of hydrogen-bond acceptors (Lipinski definition) is 4. The number of carbonyl (C=O) groups excluding carboxylic acids is 1. The van der Waals surface area contributed by atoms with Gasteiger partial charge >= 0.3 is 0 Å². The molecular weight excluding hydrogens is 643 g/mol. The minimum Gasteiger partial charge on any atom is -0.394 e. The van der Waals surface area contributed by atoms with Crippen LogP contribution in [0.25, 0.3) is 0 Å². The van der Waals surface area contributed by atoms with Crippen LogP contribution in [0.5, 0.6) is 0 Å². The van der Waals surface area contributed by atoms with E-state index < -0.39 is 24.2 Å². The molecule has 3 atom stereocenters. The lowest BCUT2D eigenvalue weighted by Gasteiger charge is -2.23. The highest BCUT2D eigenvalue weighted by atomic mass is 16.3. The average Bonchev–Trinajstić information content (AvgIpc) is 3.15. The van der Waals surface area contributed by atoms with Crippen LogP contribution in [0.1, 0.15) is 271 Å². The zero-order valence-corrected chi connectivity index (χ0v) is 35.5. The van der Waals surface area contributed by atoms with Crippen molar-refractivity contribution in [2.45, 2.75) is 289 Å². The molecule has 0 saturated heterocycles. The summed E-state index contributed by atoms with van der Waals surface area (Å²) < 4.78 is 0. The minimum atomic E-state index is -1.07. The summed E-state index contributed by atoms with van der Waals surface area (Å²) in [5, 5.41) is 33.2. The normalized spacial score (nSPS) is 13.4. The lowest BCUT2D eigenvalue weighted by molar-refractivity contribution is -0.131. The van der Waals surface area contributed by atoms with E-state index in [-0.39, 0.29) is 6.61 Å². The molecule has 1 amide bonds. The molecule has 312 valence electrons. The van der Waals surface area contributed by atoms with Crippen molar-refractivity contribution in [2.75, 3.05) is 6.61 Å². The Bertz CT molecular complexity index is 688. The van der Waals surface area contributed by atoms with E-state index in [0.717, 1.165) is 32.1 Å². The number of amides is 1. The molecule has 0 spiro atoms. The second-order valence-corrected chi connectivity index (χ2v) is 16.7. The van der Waals surface area contributed by atoms with Gasteiger partial charge < -0.3 is 20.6 Å². The molecule has 0 rings (SSSR count). The summed E-state index contributed by atoms with van der Waals surface area (Å²) in [6, 6.07) is -0.704. The van der Waals surface area contributed by atoms with E-state index in [4.69, 9.17) is 0 Å². The van der Waals surface area contributed by atoms with Gasteiger partial charge in [-0.2, -0.15) is 0 Å². The van der Waals surface area contributed by atoms with Gasteiger partial charge in [0.2, 0.25) is 5.91 Å². The smallest absolute Gasteiger partial charge is 0.249 e. The predicted molar refractivity (Wildman–Crippen MR) is 227 cm³/mol. The quantitative estimate of drug-likeness (QED) is 0.0469. The second kappa shape index (κ2) is 43.1. The van der Waals surface area contributed by atoms with Gasteiger partial charge in [0.05, 0.1) is 18.8 Å². The fraction of sp³-hybridized carbons (Fsp3) is 0.979. The molecule has 0 aliphatic rings. The average molecular weight is 738 g/mol. The van der Waals surface area contributed by atoms with E-state index in [1.165, 1.54) is 212 Å². The molecule has 0 saturated carbocycles. The van der Waals surface area contributed by atoms with Crippen molar-refractivity contribution in [3.63, 3.8) is 0 Å². The number of nitrogens with one attached hydrogen (secondary N) is 1. The molecule has 3 unspecified atom stereocenters. The Hall–Kier alpha value is -0.650. The molecule has 5 nitrogen and oxygen atoms in total. The van der Waals surface area contributed by atoms with E-state index in [1.54, 1.807) is 0 Å². The zero-order valence-electron chi connectivity index (χ0n) is 35.5. The third-order valence-electron chi connectivity index (χ3n) is 11.5. The van der Waals surface area contributed by atoms with Crippen LogP contribution in [0.3, 0.4) is 0 Å². The Labute approximate surface area is 326 Å². The lowest BCUT2D eigenvalue weighted by atomic mass is 10.0. The first-order valence-electron chi connectivity index (χ1n) is 23.8. The Balaban J connectivity index is 3.43. The van der Waals surface area contributed by atoms with E-state index in [1.807, 2.05) is 0 Å². The molecule has 5 heteroatoms. The molecule has 0 aliphatic carbocycles. The molecule has 0 aromatic carbocycles. The Morgan fingerprint density at radius 2 is 0.615 bits per heavy atom. The Kier molecular flexibility index (Phi) is 42.5. The van der Waals surface area contributed by atoms with Crippen molar-refractivity contribution < 1.29 is 20.1 Å². The van der Waals surface area contributed by atoms with E-state index >= 15 is 0 Å². The maximum atomic E-state index is 12.4. The van der Waals surface area contributed by atoms with Crippen LogP contribution < -0.4 is 5.32 Å². The van der Waals surface area contributed by atoms with Gasteiger partial charge in [-0.3, -0.25) is 4.79 Å². The van der Waals surface area contributed by atoms with Crippen LogP contribution >= 0.6 is 0 Å². The van der Waals surface area contributed by atoms with Crippen LogP contribution in [0.15, 0.2) is 0 Å². The first kappa shape index (κ1) is 51.4. The monoisotopic (exact) mass is 738 g/mol. The second-order valence-electron chi connectivity index (χ2n) is 16.7. The van der Waals surface area contributed by atoms with Crippen LogP contribution in [0.4, 0.5) is 0 Å². The van der Waals surface area contributed by atoms with E-state index in [9.17, 15) is 20.1 Å². The van der Waals surface area contributed by atoms with Crippen LogP contribution in [0.2, 0.25) is 0 Å². The highest BCUT2D eigenvalue weighted by molar-refractivity contribution is 5.80. The largest absolute Gasteiger partial charge is 0.394 e. The van der Waals surface area contributed by atoms with Crippen LogP contribution in [-0.2, 0) is 4.79 Å². The van der Waals surface area contributed by atoms with Gasteiger partial charge in [0.25, 0.3) is 0 Å². The Morgan fingerprint density at radius 1 is 0.385 bits per heavy atom. The summed E-state index contributed by atoms with van der Waals surface area (Å²) in [5.74, 6) is -0.467. The summed E-state index contributed by atoms with van der Waals surface area (Å²) in [5.41, 5.74) is 0. The SMILES string of the molecule is CCCCCCCCCCCCCCCCCCCCCCCCCCCCCCCC(O)C(=O)NC(CO)C(O)CCCCCCCCCCC. The third kappa shape index (κ3) is 37.7. The summed E-state index contributed by atoms with van der Waals surface area (Å²) >= 11 is 0. The predicted octanol–water partition coefficient (Wildman–Crippen LogP) is 13.8. The molecule has 0 radical (unpaired) electrons. The molecule has 0 bridgehead atoms. The number of unbranched alkanes of at least 4 members (excludes halogenated alkanes) is 36. The highest BCUT2D eigenvalue weighted by Crippen LogP contribution is 2.17. The van der Waals surface area contributed by atoms with Crippen LogP contribution in [-0.4, -0.2) is 46.1 Å². The van der Waals surface area contributed by atoms with E-state index in [0.29, 0.717) is 12.8 Å². The topological polar surface area (TPSA) is 89.8 Å². The maximum Gasteiger partial charge on any atom is 0.249 e. The molecule has 0 fully saturated rings. The number of aliphatic hydroxyl groups is 3. The molecule has 4 N–H and O–H groups in total. The van der Waals surface area contributed by atoms with Gasteiger partial charge in [-0.1, -0.05) is 258 Å². The van der Waals surface area contributed by atoms with Gasteiger partial charge in [0.15, 0.2) is 0 Å². The number of carbonyl (C=O) groups is 1. The van der Waals surface area contributed by atoms with Crippen molar-refractivity contribution in [1.29, 1.82) is 0 Å². The van der Waals surface area contributed by atoms with E-state index in [2.05, 4.69) is 19.2 Å². The lowest BCUT2D eigenvalue weighted by Crippen LogP contribution is -2.49. The van der Waals surface area contributed by atoms with Crippen molar-refractivity contribution in [2.24, 2.45) is 0 Å². The van der Waals surface area contributed by atoms with Crippen molar-refractivity contribution in [3.05, 3.63) is 0 Å². The fourth-order valence-corrected chi connectivity index (χ4v) is 7.72. The molecule has 52 heavy (non-hydrogen) atoms. The van der Waals surface area contributed by atoms with Gasteiger partial charge in [-0.05, 0) is 12.8 Å². The first-order chi connectivity index (χ1) is 25.6. The Morgan fingerprint density at radius 3 is 0.865 bits per heavy atom. The third-order valence-corrected chi connectivity index (χ3v) is 11.5. The zero-order chi connectivity index (χ0) is 38.0. The summed E-state index contributed by atoms with van der Waals surface area (Å²) in [6.45, 7) is 4.23. The molecule has 0 heterocycles. The maximum absolute atomic E-state index is 12.4. The van der Waals surface area contributed by atoms with Gasteiger partial charge in [0, 0.05) is 0 Å². The van der Waals surface area contributed by atoms with Gasteiger partial charge in [-0.25, -0.2) is 0 Å².